The fraction of sp³-hybridized carbons (Fsp3) is 0.348. The monoisotopic (exact) mass is 440 g/mol. The molecular formula is C23H28N4O5. The van der Waals surface area contributed by atoms with Crippen LogP contribution in [0, 0.1) is 0 Å². The van der Waals surface area contributed by atoms with E-state index in [0.29, 0.717) is 24.5 Å². The SMILES string of the molecule is O=C(O)CC(NC(=O)c1cc(OCCCNC2=NCCCN2)ccc1O)c1ccccc1. The van der Waals surface area contributed by atoms with Crippen molar-refractivity contribution >= 4 is 17.8 Å². The first-order valence-electron chi connectivity index (χ1n) is 10.6. The lowest BCUT2D eigenvalue weighted by Gasteiger charge is -2.18. The molecule has 0 saturated carbocycles. The molecule has 2 aromatic carbocycles. The minimum Gasteiger partial charge on any atom is -0.507 e. The Labute approximate surface area is 186 Å². The summed E-state index contributed by atoms with van der Waals surface area (Å²) in [7, 11) is 0. The topological polar surface area (TPSA) is 132 Å². The molecule has 0 aliphatic carbocycles. The van der Waals surface area contributed by atoms with Crippen molar-refractivity contribution in [2.45, 2.75) is 25.3 Å². The number of carbonyl (C=O) groups excluding carboxylic acids is 1. The van der Waals surface area contributed by atoms with Gasteiger partial charge in [0.05, 0.1) is 24.6 Å². The highest BCUT2D eigenvalue weighted by Gasteiger charge is 2.21. The van der Waals surface area contributed by atoms with Crippen LogP contribution in [0.15, 0.2) is 53.5 Å². The highest BCUT2D eigenvalue weighted by molar-refractivity contribution is 5.97. The van der Waals surface area contributed by atoms with Gasteiger partial charge >= 0.3 is 5.97 Å². The third-order valence-corrected chi connectivity index (χ3v) is 4.88. The van der Waals surface area contributed by atoms with Crippen LogP contribution in [0.2, 0.25) is 0 Å². The minimum absolute atomic E-state index is 0.0210. The molecule has 1 unspecified atom stereocenters. The molecule has 0 spiro atoms. The van der Waals surface area contributed by atoms with E-state index in [1.807, 2.05) is 6.07 Å². The van der Waals surface area contributed by atoms with Gasteiger partial charge in [0.2, 0.25) is 0 Å². The van der Waals surface area contributed by atoms with Gasteiger partial charge in [-0.3, -0.25) is 14.6 Å². The number of rotatable bonds is 10. The Hall–Kier alpha value is -3.75. The number of carbonyl (C=O) groups is 2. The zero-order valence-electron chi connectivity index (χ0n) is 17.7. The summed E-state index contributed by atoms with van der Waals surface area (Å²) in [5.74, 6) is -0.584. The zero-order chi connectivity index (χ0) is 22.8. The van der Waals surface area contributed by atoms with Crippen LogP contribution < -0.4 is 20.7 Å². The molecular weight excluding hydrogens is 412 g/mol. The maximum atomic E-state index is 12.8. The standard InChI is InChI=1S/C23H28N4O5/c28-20-9-8-17(32-13-5-12-26-23-24-10-4-11-25-23)14-18(20)22(31)27-19(15-21(29)30)16-6-2-1-3-7-16/h1-3,6-9,14,19,28H,4-5,10-13,15H2,(H,27,31)(H,29,30)(H2,24,25,26). The van der Waals surface area contributed by atoms with Gasteiger partial charge in [0.1, 0.15) is 11.5 Å². The minimum atomic E-state index is -1.04. The summed E-state index contributed by atoms with van der Waals surface area (Å²) >= 11 is 0. The van der Waals surface area contributed by atoms with E-state index >= 15 is 0 Å². The van der Waals surface area contributed by atoms with Crippen LogP contribution >= 0.6 is 0 Å². The number of benzene rings is 2. The van der Waals surface area contributed by atoms with E-state index < -0.39 is 17.9 Å². The number of aromatic hydroxyl groups is 1. The number of carboxylic acid groups (broad SMARTS) is 1. The number of amides is 1. The van der Waals surface area contributed by atoms with E-state index in [-0.39, 0.29) is 17.7 Å². The van der Waals surface area contributed by atoms with Gasteiger partial charge in [-0.2, -0.15) is 0 Å². The van der Waals surface area contributed by atoms with Crippen LogP contribution in [0.3, 0.4) is 0 Å². The quantitative estimate of drug-likeness (QED) is 0.357. The van der Waals surface area contributed by atoms with Crippen molar-refractivity contribution in [1.29, 1.82) is 0 Å². The highest BCUT2D eigenvalue weighted by Crippen LogP contribution is 2.25. The summed E-state index contributed by atoms with van der Waals surface area (Å²) in [6.07, 6.45) is 1.48. The molecule has 0 radical (unpaired) electrons. The van der Waals surface area contributed by atoms with Crippen molar-refractivity contribution in [3.63, 3.8) is 0 Å². The summed E-state index contributed by atoms with van der Waals surface area (Å²) in [6, 6.07) is 12.5. The van der Waals surface area contributed by atoms with E-state index in [1.54, 1.807) is 30.3 Å². The number of aliphatic imine (C=N–C) groups is 1. The predicted octanol–water partition coefficient (Wildman–Crippen LogP) is 2.05. The number of nitrogens with one attached hydrogen (secondary N) is 3. The molecule has 9 nitrogen and oxygen atoms in total. The van der Waals surface area contributed by atoms with Crippen molar-refractivity contribution < 1.29 is 24.5 Å². The number of hydrogen-bond acceptors (Lipinski definition) is 7. The Morgan fingerprint density at radius 3 is 2.72 bits per heavy atom. The predicted molar refractivity (Wildman–Crippen MR) is 120 cm³/mol. The first-order chi connectivity index (χ1) is 15.5. The van der Waals surface area contributed by atoms with Gasteiger partial charge in [-0.15, -0.1) is 0 Å². The maximum Gasteiger partial charge on any atom is 0.305 e. The van der Waals surface area contributed by atoms with Crippen LogP contribution in [-0.2, 0) is 4.79 Å². The number of hydrogen-bond donors (Lipinski definition) is 5. The molecule has 1 heterocycles. The number of ether oxygens (including phenoxy) is 1. The van der Waals surface area contributed by atoms with Crippen molar-refractivity contribution in [3.8, 4) is 11.5 Å². The molecule has 1 amide bonds. The van der Waals surface area contributed by atoms with Gasteiger partial charge in [0.25, 0.3) is 5.91 Å². The Kier molecular flexibility index (Phi) is 8.30. The molecule has 9 heteroatoms. The van der Waals surface area contributed by atoms with Crippen molar-refractivity contribution in [2.24, 2.45) is 4.99 Å². The lowest BCUT2D eigenvalue weighted by Crippen LogP contribution is -2.41. The number of nitrogens with zero attached hydrogens (tertiary/aromatic N) is 1. The summed E-state index contributed by atoms with van der Waals surface area (Å²) < 4.78 is 5.71. The van der Waals surface area contributed by atoms with Crippen molar-refractivity contribution in [1.82, 2.24) is 16.0 Å². The molecule has 170 valence electrons. The van der Waals surface area contributed by atoms with Crippen LogP contribution in [0.1, 0.15) is 41.2 Å². The normalized spacial score (nSPS) is 13.9. The number of guanidine groups is 1. The third-order valence-electron chi connectivity index (χ3n) is 4.88. The second-order valence-corrected chi connectivity index (χ2v) is 7.35. The van der Waals surface area contributed by atoms with Crippen molar-refractivity contribution in [2.75, 3.05) is 26.2 Å². The Balaban J connectivity index is 1.56. The number of phenolic OH excluding ortho intramolecular Hbond substituents is 1. The van der Waals surface area contributed by atoms with Crippen LogP contribution in [-0.4, -0.2) is 54.3 Å². The molecule has 2 aromatic rings. The van der Waals surface area contributed by atoms with Gasteiger partial charge in [-0.1, -0.05) is 30.3 Å². The molecule has 3 rings (SSSR count). The summed E-state index contributed by atoms with van der Waals surface area (Å²) in [5.41, 5.74) is 0.687. The summed E-state index contributed by atoms with van der Waals surface area (Å²) in [5, 5.41) is 28.5. The highest BCUT2D eigenvalue weighted by atomic mass is 16.5. The lowest BCUT2D eigenvalue weighted by atomic mass is 10.0. The average Bonchev–Trinajstić information content (AvgIpc) is 2.80. The van der Waals surface area contributed by atoms with Gasteiger partial charge in [0.15, 0.2) is 5.96 Å². The van der Waals surface area contributed by atoms with Crippen LogP contribution in [0.4, 0.5) is 0 Å². The first kappa shape index (κ1) is 22.9. The first-order valence-corrected chi connectivity index (χ1v) is 10.6. The van der Waals surface area contributed by atoms with E-state index in [4.69, 9.17) is 4.74 Å². The third kappa shape index (κ3) is 6.90. The van der Waals surface area contributed by atoms with E-state index in [2.05, 4.69) is 20.9 Å². The Morgan fingerprint density at radius 2 is 2.00 bits per heavy atom. The van der Waals surface area contributed by atoms with E-state index in [1.165, 1.54) is 12.1 Å². The largest absolute Gasteiger partial charge is 0.507 e. The second kappa shape index (κ2) is 11.6. The maximum absolute atomic E-state index is 12.8. The molecule has 0 saturated heterocycles. The van der Waals surface area contributed by atoms with Crippen LogP contribution in [0.5, 0.6) is 11.5 Å². The Morgan fingerprint density at radius 1 is 1.19 bits per heavy atom. The number of phenols is 1. The molecule has 0 fully saturated rings. The molecule has 1 aliphatic heterocycles. The fourth-order valence-electron chi connectivity index (χ4n) is 3.25. The molecule has 0 bridgehead atoms. The number of carboxylic acids is 1. The van der Waals surface area contributed by atoms with E-state index in [9.17, 15) is 19.8 Å². The molecule has 32 heavy (non-hydrogen) atoms. The molecule has 5 N–H and O–H groups in total. The van der Waals surface area contributed by atoms with E-state index in [0.717, 1.165) is 31.9 Å². The average molecular weight is 441 g/mol. The van der Waals surface area contributed by atoms with Gasteiger partial charge in [-0.05, 0) is 36.6 Å². The Bertz CT molecular complexity index is 949. The molecule has 0 aromatic heterocycles. The fourth-order valence-corrected chi connectivity index (χ4v) is 3.25. The summed E-state index contributed by atoms with van der Waals surface area (Å²) in [6.45, 7) is 2.84. The second-order valence-electron chi connectivity index (χ2n) is 7.35. The lowest BCUT2D eigenvalue weighted by molar-refractivity contribution is -0.137. The zero-order valence-corrected chi connectivity index (χ0v) is 17.7. The van der Waals surface area contributed by atoms with Gasteiger partial charge in [-0.25, -0.2) is 0 Å². The summed E-state index contributed by atoms with van der Waals surface area (Å²) in [4.78, 5) is 28.4. The smallest absolute Gasteiger partial charge is 0.305 e. The van der Waals surface area contributed by atoms with Crippen LogP contribution in [0.25, 0.3) is 0 Å². The van der Waals surface area contributed by atoms with Gasteiger partial charge in [0, 0.05) is 19.6 Å². The molecule has 1 aliphatic rings. The van der Waals surface area contributed by atoms with Gasteiger partial charge < -0.3 is 30.9 Å². The number of aliphatic carboxylic acids is 1. The van der Waals surface area contributed by atoms with Crippen molar-refractivity contribution in [3.05, 3.63) is 59.7 Å². The molecule has 1 atom stereocenters.